The van der Waals surface area contributed by atoms with Gasteiger partial charge >= 0.3 is 6.18 Å². The summed E-state index contributed by atoms with van der Waals surface area (Å²) in [6.45, 7) is 0.417. The Morgan fingerprint density at radius 3 is 2.61 bits per heavy atom. The summed E-state index contributed by atoms with van der Waals surface area (Å²) in [5, 5.41) is 5.33. The molecule has 0 aliphatic rings. The number of nitrogens with zero attached hydrogens (tertiary/aromatic N) is 5. The molecule has 33 heavy (non-hydrogen) atoms. The number of rotatable bonds is 8. The summed E-state index contributed by atoms with van der Waals surface area (Å²) in [5.41, 5.74) is 8.34. The van der Waals surface area contributed by atoms with Gasteiger partial charge in [-0.3, -0.25) is 9.20 Å². The smallest absolute Gasteiger partial charge is 0.391 e. The van der Waals surface area contributed by atoms with Gasteiger partial charge in [0.15, 0.2) is 11.4 Å². The summed E-state index contributed by atoms with van der Waals surface area (Å²) in [6.07, 6.45) is -4.55. The fourth-order valence-corrected chi connectivity index (χ4v) is 3.19. The maximum atomic E-state index is 13.9. The molecule has 0 aliphatic carbocycles. The number of nitrogens with one attached hydrogen (secondary N) is 1. The van der Waals surface area contributed by atoms with E-state index in [1.54, 1.807) is 0 Å². The van der Waals surface area contributed by atoms with Gasteiger partial charge in [0.1, 0.15) is 23.9 Å². The van der Waals surface area contributed by atoms with Crippen LogP contribution in [0.25, 0.3) is 16.1 Å². The van der Waals surface area contributed by atoms with E-state index in [-0.39, 0.29) is 28.3 Å². The van der Waals surface area contributed by atoms with Crippen LogP contribution in [0.1, 0.15) is 28.2 Å². The van der Waals surface area contributed by atoms with E-state index in [4.69, 9.17) is 10.3 Å². The van der Waals surface area contributed by atoms with E-state index in [2.05, 4.69) is 20.3 Å². The average Bonchev–Trinajstić information content (AvgIpc) is 3.07. The number of hydrogen-bond donors (Lipinski definition) is 1. The number of alkyl halides is 3. The Morgan fingerprint density at radius 1 is 1.27 bits per heavy atom. The Labute approximate surface area is 183 Å². The molecule has 0 bridgehead atoms. The SMILES string of the molecule is Cc1nc2c(OCc3c(F)cccc3F)cccn2c1C(=O)NC(CN=[N+]=[N-])CC(F)(F)F. The molecule has 8 nitrogen and oxygen atoms in total. The van der Waals surface area contributed by atoms with Crippen LogP contribution >= 0.6 is 0 Å². The van der Waals surface area contributed by atoms with Gasteiger partial charge in [-0.05, 0) is 36.7 Å². The Kier molecular flexibility index (Phi) is 7.02. The average molecular weight is 468 g/mol. The molecule has 2 heterocycles. The van der Waals surface area contributed by atoms with Crippen LogP contribution in [0.3, 0.4) is 0 Å². The largest absolute Gasteiger partial charge is 0.485 e. The minimum Gasteiger partial charge on any atom is -0.485 e. The molecular weight excluding hydrogens is 451 g/mol. The number of hydrogen-bond acceptors (Lipinski definition) is 4. The molecule has 0 aliphatic heterocycles. The number of pyridine rings is 1. The zero-order chi connectivity index (χ0) is 24.2. The Morgan fingerprint density at radius 2 is 1.97 bits per heavy atom. The van der Waals surface area contributed by atoms with Crippen molar-refractivity contribution >= 4 is 11.6 Å². The number of aromatic nitrogens is 2. The monoisotopic (exact) mass is 468 g/mol. The number of carbonyl (C=O) groups is 1. The first-order valence-electron chi connectivity index (χ1n) is 9.52. The van der Waals surface area contributed by atoms with E-state index in [1.165, 1.54) is 35.7 Å². The van der Waals surface area contributed by atoms with Crippen LogP contribution in [0.5, 0.6) is 5.75 Å². The minimum atomic E-state index is -4.60. The lowest BCUT2D eigenvalue weighted by Gasteiger charge is -2.18. The number of aryl methyl sites for hydroxylation is 1. The summed E-state index contributed by atoms with van der Waals surface area (Å²) in [7, 11) is 0. The molecule has 2 aromatic heterocycles. The first kappa shape index (κ1) is 23.8. The van der Waals surface area contributed by atoms with Crippen molar-refractivity contribution in [2.75, 3.05) is 6.54 Å². The second-order valence-corrected chi connectivity index (χ2v) is 7.00. The highest BCUT2D eigenvalue weighted by atomic mass is 19.4. The van der Waals surface area contributed by atoms with Gasteiger partial charge in [0, 0.05) is 23.7 Å². The van der Waals surface area contributed by atoms with E-state index in [9.17, 15) is 26.7 Å². The standard InChI is InChI=1S/C20H17F5N6O2/c1-11-17(19(32)29-12(9-27-30-26)8-20(23,24)25)31-7-3-6-16(18(31)28-11)33-10-13-14(21)4-2-5-15(13)22/h2-7,12H,8-10H2,1H3,(H,29,32). The van der Waals surface area contributed by atoms with Crippen molar-refractivity contribution in [1.29, 1.82) is 0 Å². The van der Waals surface area contributed by atoms with Crippen molar-refractivity contribution in [3.8, 4) is 5.75 Å². The molecule has 1 atom stereocenters. The molecule has 13 heteroatoms. The topological polar surface area (TPSA) is 104 Å². The number of benzene rings is 1. The highest BCUT2D eigenvalue weighted by molar-refractivity contribution is 5.95. The van der Waals surface area contributed by atoms with Crippen LogP contribution in [0, 0.1) is 18.6 Å². The summed E-state index contributed by atoms with van der Waals surface area (Å²) < 4.78 is 73.0. The quantitative estimate of drug-likeness (QED) is 0.221. The predicted molar refractivity (Wildman–Crippen MR) is 107 cm³/mol. The van der Waals surface area contributed by atoms with Crippen molar-refractivity contribution in [2.45, 2.75) is 32.2 Å². The molecule has 1 amide bonds. The molecule has 0 spiro atoms. The molecule has 0 fully saturated rings. The van der Waals surface area contributed by atoms with Gasteiger partial charge in [0.2, 0.25) is 0 Å². The number of imidazole rings is 1. The molecule has 0 radical (unpaired) electrons. The Balaban J connectivity index is 1.88. The van der Waals surface area contributed by atoms with E-state index in [0.717, 1.165) is 12.1 Å². The first-order valence-corrected chi connectivity index (χ1v) is 9.52. The van der Waals surface area contributed by atoms with Crippen molar-refractivity contribution in [3.63, 3.8) is 0 Å². The van der Waals surface area contributed by atoms with Crippen LogP contribution in [0.2, 0.25) is 0 Å². The van der Waals surface area contributed by atoms with Gasteiger partial charge < -0.3 is 10.1 Å². The molecule has 0 saturated carbocycles. The second-order valence-electron chi connectivity index (χ2n) is 7.00. The number of fused-ring (bicyclic) bond motifs is 1. The lowest BCUT2D eigenvalue weighted by Crippen LogP contribution is -2.40. The third-order valence-electron chi connectivity index (χ3n) is 4.62. The van der Waals surface area contributed by atoms with Crippen molar-refractivity contribution in [1.82, 2.24) is 14.7 Å². The van der Waals surface area contributed by atoms with Crippen LogP contribution in [-0.4, -0.2) is 34.1 Å². The molecule has 1 aromatic carbocycles. The third kappa shape index (κ3) is 5.69. The van der Waals surface area contributed by atoms with E-state index >= 15 is 0 Å². The van der Waals surface area contributed by atoms with Gasteiger partial charge in [-0.1, -0.05) is 11.2 Å². The normalized spacial score (nSPS) is 12.3. The zero-order valence-corrected chi connectivity index (χ0v) is 17.1. The van der Waals surface area contributed by atoms with Crippen LogP contribution in [0.15, 0.2) is 41.6 Å². The number of carbonyl (C=O) groups excluding carboxylic acids is 1. The van der Waals surface area contributed by atoms with Gasteiger partial charge in [-0.15, -0.1) is 0 Å². The van der Waals surface area contributed by atoms with Crippen LogP contribution < -0.4 is 10.1 Å². The lowest BCUT2D eigenvalue weighted by atomic mass is 10.2. The lowest BCUT2D eigenvalue weighted by molar-refractivity contribution is -0.138. The molecule has 0 saturated heterocycles. The van der Waals surface area contributed by atoms with Crippen molar-refractivity contribution in [3.05, 3.63) is 75.6 Å². The molecule has 3 rings (SSSR count). The van der Waals surface area contributed by atoms with E-state index in [1.807, 2.05) is 0 Å². The molecule has 3 aromatic rings. The van der Waals surface area contributed by atoms with Crippen LogP contribution in [-0.2, 0) is 6.61 Å². The van der Waals surface area contributed by atoms with E-state index < -0.39 is 49.3 Å². The van der Waals surface area contributed by atoms with Gasteiger partial charge in [-0.2, -0.15) is 13.2 Å². The van der Waals surface area contributed by atoms with Crippen molar-refractivity contribution < 1.29 is 31.5 Å². The Hall–Kier alpha value is -3.86. The first-order chi connectivity index (χ1) is 15.6. The minimum absolute atomic E-state index is 0.0689. The highest BCUT2D eigenvalue weighted by Crippen LogP contribution is 2.25. The zero-order valence-electron chi connectivity index (χ0n) is 17.1. The van der Waals surface area contributed by atoms with Gasteiger partial charge in [0.05, 0.1) is 17.7 Å². The molecule has 1 unspecified atom stereocenters. The van der Waals surface area contributed by atoms with Crippen LogP contribution in [0.4, 0.5) is 22.0 Å². The highest BCUT2D eigenvalue weighted by Gasteiger charge is 2.33. The number of halogens is 5. The van der Waals surface area contributed by atoms with Crippen molar-refractivity contribution in [2.24, 2.45) is 5.11 Å². The molecular formula is C20H17F5N6O2. The maximum Gasteiger partial charge on any atom is 0.391 e. The summed E-state index contributed by atoms with van der Waals surface area (Å²) >= 11 is 0. The summed E-state index contributed by atoms with van der Waals surface area (Å²) in [6, 6.07) is 4.84. The number of azide groups is 1. The molecule has 174 valence electrons. The third-order valence-corrected chi connectivity index (χ3v) is 4.62. The second kappa shape index (κ2) is 9.74. The Bertz CT molecular complexity index is 1200. The number of amides is 1. The van der Waals surface area contributed by atoms with Gasteiger partial charge in [0.25, 0.3) is 5.91 Å². The fourth-order valence-electron chi connectivity index (χ4n) is 3.19. The fraction of sp³-hybridized carbons (Fsp3) is 0.300. The molecule has 1 N–H and O–H groups in total. The summed E-state index contributed by atoms with van der Waals surface area (Å²) in [4.78, 5) is 19.4. The van der Waals surface area contributed by atoms with E-state index in [0.29, 0.717) is 0 Å². The summed E-state index contributed by atoms with van der Waals surface area (Å²) in [5.74, 6) is -2.36. The van der Waals surface area contributed by atoms with Gasteiger partial charge in [-0.25, -0.2) is 13.8 Å². The maximum absolute atomic E-state index is 13.9. The number of ether oxygens (including phenoxy) is 1. The predicted octanol–water partition coefficient (Wildman–Crippen LogP) is 4.86.